The molecule has 0 saturated carbocycles. The van der Waals surface area contributed by atoms with Crippen molar-refractivity contribution in [3.05, 3.63) is 47.2 Å². The molecule has 4 rings (SSSR count). The predicted molar refractivity (Wildman–Crippen MR) is 80.3 cm³/mol. The lowest BCUT2D eigenvalue weighted by Gasteiger charge is -2.36. The molecule has 0 spiro atoms. The summed E-state index contributed by atoms with van der Waals surface area (Å²) in [5, 5.41) is 12.1. The fourth-order valence-electron chi connectivity index (χ4n) is 4.00. The highest BCUT2D eigenvalue weighted by molar-refractivity contribution is 5.29. The zero-order valence-electron chi connectivity index (χ0n) is 12.5. The molecule has 0 aliphatic carbocycles. The van der Waals surface area contributed by atoms with Crippen LogP contribution in [0.2, 0.25) is 0 Å². The van der Waals surface area contributed by atoms with E-state index in [0.717, 1.165) is 12.3 Å². The van der Waals surface area contributed by atoms with Crippen molar-refractivity contribution in [1.29, 1.82) is 0 Å². The Bertz CT molecular complexity index is 634. The van der Waals surface area contributed by atoms with Gasteiger partial charge in [0.2, 0.25) is 11.8 Å². The van der Waals surface area contributed by atoms with Gasteiger partial charge < -0.3 is 9.73 Å². The van der Waals surface area contributed by atoms with Crippen LogP contribution < -0.4 is 5.32 Å². The van der Waals surface area contributed by atoms with Crippen LogP contribution in [0.25, 0.3) is 0 Å². The molecule has 4 unspecified atom stereocenters. The van der Waals surface area contributed by atoms with E-state index in [1.54, 1.807) is 0 Å². The van der Waals surface area contributed by atoms with Crippen LogP contribution in [-0.4, -0.2) is 22.3 Å². The summed E-state index contributed by atoms with van der Waals surface area (Å²) in [6.45, 7) is 4.00. The molecule has 2 aromatic rings. The second kappa shape index (κ2) is 4.95. The molecule has 4 heteroatoms. The molecular formula is C17H21N3O. The highest BCUT2D eigenvalue weighted by Crippen LogP contribution is 2.46. The smallest absolute Gasteiger partial charge is 0.221 e. The minimum Gasteiger partial charge on any atom is -0.425 e. The zero-order valence-corrected chi connectivity index (χ0v) is 12.5. The Morgan fingerprint density at radius 1 is 1.10 bits per heavy atom. The van der Waals surface area contributed by atoms with Crippen molar-refractivity contribution in [3.63, 3.8) is 0 Å². The van der Waals surface area contributed by atoms with E-state index in [9.17, 15) is 0 Å². The maximum atomic E-state index is 5.79. The third-order valence-corrected chi connectivity index (χ3v) is 5.01. The van der Waals surface area contributed by atoms with E-state index in [1.807, 2.05) is 6.92 Å². The summed E-state index contributed by atoms with van der Waals surface area (Å²) in [6, 6.07) is 10.0. The molecule has 2 aliphatic heterocycles. The van der Waals surface area contributed by atoms with Crippen LogP contribution in [0.5, 0.6) is 0 Å². The molecule has 0 amide bonds. The van der Waals surface area contributed by atoms with Gasteiger partial charge in [-0.15, -0.1) is 10.2 Å². The van der Waals surface area contributed by atoms with Crippen LogP contribution >= 0.6 is 0 Å². The molecule has 3 heterocycles. The molecule has 2 aliphatic rings. The first-order chi connectivity index (χ1) is 10.2. The summed E-state index contributed by atoms with van der Waals surface area (Å²) >= 11 is 0. The van der Waals surface area contributed by atoms with Crippen molar-refractivity contribution in [3.8, 4) is 0 Å². The van der Waals surface area contributed by atoms with Crippen molar-refractivity contribution >= 4 is 0 Å². The quantitative estimate of drug-likeness (QED) is 0.920. The molecular weight excluding hydrogens is 262 g/mol. The number of benzene rings is 1. The molecule has 4 atom stereocenters. The van der Waals surface area contributed by atoms with Crippen molar-refractivity contribution in [2.24, 2.45) is 0 Å². The van der Waals surface area contributed by atoms with E-state index < -0.39 is 0 Å². The van der Waals surface area contributed by atoms with Gasteiger partial charge in [-0.1, -0.05) is 29.8 Å². The molecule has 4 nitrogen and oxygen atoms in total. The predicted octanol–water partition coefficient (Wildman–Crippen LogP) is 3.08. The number of hydrogen-bond acceptors (Lipinski definition) is 4. The van der Waals surface area contributed by atoms with Crippen molar-refractivity contribution in [2.45, 2.75) is 57.0 Å². The van der Waals surface area contributed by atoms with Crippen LogP contribution in [0.4, 0.5) is 0 Å². The minimum absolute atomic E-state index is 0.299. The second-order valence-corrected chi connectivity index (χ2v) is 6.49. The molecule has 110 valence electrons. The summed E-state index contributed by atoms with van der Waals surface area (Å²) in [5.74, 6) is 2.24. The largest absolute Gasteiger partial charge is 0.425 e. The Labute approximate surface area is 125 Å². The Morgan fingerprint density at radius 3 is 2.62 bits per heavy atom. The van der Waals surface area contributed by atoms with Gasteiger partial charge in [-0.2, -0.15) is 0 Å². The van der Waals surface area contributed by atoms with Crippen LogP contribution in [0, 0.1) is 13.8 Å². The van der Waals surface area contributed by atoms with Gasteiger partial charge in [-0.3, -0.25) is 0 Å². The van der Waals surface area contributed by atoms with E-state index >= 15 is 0 Å². The normalized spacial score (nSPS) is 31.5. The van der Waals surface area contributed by atoms with E-state index in [4.69, 9.17) is 4.42 Å². The number of fused-ring (bicyclic) bond motifs is 2. The van der Waals surface area contributed by atoms with Gasteiger partial charge >= 0.3 is 0 Å². The first-order valence-electron chi connectivity index (χ1n) is 7.83. The average Bonchev–Trinajstić information content (AvgIpc) is 3.07. The van der Waals surface area contributed by atoms with Gasteiger partial charge in [0.1, 0.15) is 0 Å². The molecule has 0 radical (unpaired) electrons. The number of nitrogens with zero attached hydrogens (tertiary/aromatic N) is 2. The summed E-state index contributed by atoms with van der Waals surface area (Å²) in [5.41, 5.74) is 2.71. The highest BCUT2D eigenvalue weighted by Gasteiger charge is 2.45. The Balaban J connectivity index is 1.73. The second-order valence-electron chi connectivity index (χ2n) is 6.49. The molecule has 2 fully saturated rings. The third-order valence-electron chi connectivity index (χ3n) is 5.01. The Kier molecular flexibility index (Phi) is 3.07. The number of piperidine rings is 1. The SMILES string of the molecule is Cc1ccc(C2CC3CCC(N3)C2c2nnc(C)o2)cc1. The molecule has 1 N–H and O–H groups in total. The van der Waals surface area contributed by atoms with Gasteiger partial charge in [0.15, 0.2) is 0 Å². The third kappa shape index (κ3) is 2.27. The van der Waals surface area contributed by atoms with Gasteiger partial charge in [0, 0.05) is 19.0 Å². The summed E-state index contributed by atoms with van der Waals surface area (Å²) in [6.07, 6.45) is 3.63. The molecule has 1 aromatic carbocycles. The Hall–Kier alpha value is -1.68. The average molecular weight is 283 g/mol. The van der Waals surface area contributed by atoms with E-state index in [2.05, 4.69) is 46.7 Å². The fourth-order valence-corrected chi connectivity index (χ4v) is 4.00. The molecule has 1 aromatic heterocycles. The van der Waals surface area contributed by atoms with E-state index in [1.165, 1.54) is 24.0 Å². The highest BCUT2D eigenvalue weighted by atomic mass is 16.4. The van der Waals surface area contributed by atoms with Crippen LogP contribution in [0.3, 0.4) is 0 Å². The summed E-state index contributed by atoms with van der Waals surface area (Å²) in [7, 11) is 0. The lowest BCUT2D eigenvalue weighted by Crippen LogP contribution is -2.43. The fraction of sp³-hybridized carbons (Fsp3) is 0.529. The van der Waals surface area contributed by atoms with Gasteiger partial charge in [-0.25, -0.2) is 0 Å². The van der Waals surface area contributed by atoms with Crippen molar-refractivity contribution < 1.29 is 4.42 Å². The maximum absolute atomic E-state index is 5.79. The topological polar surface area (TPSA) is 51.0 Å². The van der Waals surface area contributed by atoms with Gasteiger partial charge in [0.25, 0.3) is 0 Å². The number of nitrogens with one attached hydrogen (secondary N) is 1. The van der Waals surface area contributed by atoms with Gasteiger partial charge in [0.05, 0.1) is 5.92 Å². The Morgan fingerprint density at radius 2 is 1.90 bits per heavy atom. The lowest BCUT2D eigenvalue weighted by molar-refractivity contribution is 0.272. The van der Waals surface area contributed by atoms with Crippen molar-refractivity contribution in [1.82, 2.24) is 15.5 Å². The standard InChI is InChI=1S/C17H21N3O/c1-10-3-5-12(6-4-10)14-9-13-7-8-15(18-13)16(14)17-20-19-11(2)21-17/h3-6,13-16,18H,7-9H2,1-2H3. The van der Waals surface area contributed by atoms with Crippen LogP contribution in [0.1, 0.15) is 54.0 Å². The number of rotatable bonds is 2. The molecule has 2 saturated heterocycles. The van der Waals surface area contributed by atoms with Gasteiger partial charge in [-0.05, 0) is 37.7 Å². The molecule has 2 bridgehead atoms. The van der Waals surface area contributed by atoms with E-state index in [0.29, 0.717) is 29.8 Å². The summed E-state index contributed by atoms with van der Waals surface area (Å²) < 4.78 is 5.79. The number of hydrogen-bond donors (Lipinski definition) is 1. The molecule has 21 heavy (non-hydrogen) atoms. The minimum atomic E-state index is 0.299. The number of aromatic nitrogens is 2. The van der Waals surface area contributed by atoms with Crippen LogP contribution in [0.15, 0.2) is 28.7 Å². The maximum Gasteiger partial charge on any atom is 0.221 e. The zero-order chi connectivity index (χ0) is 14.4. The first-order valence-corrected chi connectivity index (χ1v) is 7.83. The monoisotopic (exact) mass is 283 g/mol. The lowest BCUT2D eigenvalue weighted by atomic mass is 9.77. The summed E-state index contributed by atoms with van der Waals surface area (Å²) in [4.78, 5) is 0. The van der Waals surface area contributed by atoms with Crippen molar-refractivity contribution in [2.75, 3.05) is 0 Å². The van der Waals surface area contributed by atoms with E-state index in [-0.39, 0.29) is 0 Å². The number of aryl methyl sites for hydroxylation is 2. The van der Waals surface area contributed by atoms with Crippen LogP contribution in [-0.2, 0) is 0 Å². The first kappa shape index (κ1) is 13.0.